The van der Waals surface area contributed by atoms with Crippen LogP contribution in [0.1, 0.15) is 0 Å². The zero-order valence-corrected chi connectivity index (χ0v) is 4.79. The molecular formula is C6H9NO. The predicted octanol–water partition coefficient (Wildman–Crippen LogP) is 0.632. The van der Waals surface area contributed by atoms with E-state index in [1.54, 1.807) is 7.11 Å². The lowest BCUT2D eigenvalue weighted by molar-refractivity contribution is 0.176. The van der Waals surface area contributed by atoms with Crippen molar-refractivity contribution in [1.29, 1.82) is 0 Å². The Balaban J connectivity index is 2.42. The molecule has 0 saturated carbocycles. The highest BCUT2D eigenvalue weighted by atomic mass is 16.5. The maximum absolute atomic E-state index is 4.98. The van der Waals surface area contributed by atoms with Crippen molar-refractivity contribution in [2.24, 2.45) is 0 Å². The van der Waals surface area contributed by atoms with Gasteiger partial charge in [-0.1, -0.05) is 0 Å². The highest BCUT2D eigenvalue weighted by molar-refractivity contribution is 5.07. The molecular weight excluding hydrogens is 102 g/mol. The third-order valence-corrected chi connectivity index (χ3v) is 1.04. The molecule has 1 aliphatic heterocycles. The molecule has 44 valence electrons. The number of nitrogens with one attached hydrogen (secondary N) is 1. The Bertz CT molecular complexity index is 106. The summed E-state index contributed by atoms with van der Waals surface area (Å²) in [6, 6.07) is 0. The molecule has 0 amide bonds. The van der Waals surface area contributed by atoms with Crippen LogP contribution in [-0.2, 0) is 4.74 Å². The Morgan fingerprint density at radius 3 is 2.38 bits per heavy atom. The second-order valence-corrected chi connectivity index (χ2v) is 1.59. The molecule has 2 nitrogen and oxygen atoms in total. The SMILES string of the molecule is COC1C=CNC=C1. The molecule has 0 aromatic heterocycles. The normalized spacial score (nSPS) is 18.6. The number of ether oxygens (including phenoxy) is 1. The van der Waals surface area contributed by atoms with Crippen molar-refractivity contribution in [3.05, 3.63) is 24.6 Å². The lowest BCUT2D eigenvalue weighted by atomic mass is 10.3. The standard InChI is InChI=1S/C6H9NO/c1-8-6-2-4-7-5-3-6/h2-7H,1H3. The van der Waals surface area contributed by atoms with Gasteiger partial charge in [0, 0.05) is 7.11 Å². The summed E-state index contributed by atoms with van der Waals surface area (Å²) < 4.78 is 4.98. The summed E-state index contributed by atoms with van der Waals surface area (Å²) in [6.07, 6.45) is 7.76. The molecule has 0 saturated heterocycles. The lowest BCUT2D eigenvalue weighted by Crippen LogP contribution is -2.10. The van der Waals surface area contributed by atoms with E-state index in [0.29, 0.717) is 0 Å². The van der Waals surface area contributed by atoms with Gasteiger partial charge in [0.25, 0.3) is 0 Å². The van der Waals surface area contributed by atoms with Crippen molar-refractivity contribution in [1.82, 2.24) is 5.32 Å². The van der Waals surface area contributed by atoms with Crippen LogP contribution in [0.25, 0.3) is 0 Å². The van der Waals surface area contributed by atoms with Gasteiger partial charge in [0.05, 0.1) is 6.10 Å². The minimum atomic E-state index is 0.163. The predicted molar refractivity (Wildman–Crippen MR) is 32.2 cm³/mol. The second-order valence-electron chi connectivity index (χ2n) is 1.59. The van der Waals surface area contributed by atoms with E-state index in [2.05, 4.69) is 5.32 Å². The van der Waals surface area contributed by atoms with Crippen LogP contribution in [0.4, 0.5) is 0 Å². The quantitative estimate of drug-likeness (QED) is 0.536. The van der Waals surface area contributed by atoms with Gasteiger partial charge in [0.1, 0.15) is 0 Å². The fourth-order valence-electron chi connectivity index (χ4n) is 0.578. The summed E-state index contributed by atoms with van der Waals surface area (Å²) in [6.45, 7) is 0. The van der Waals surface area contributed by atoms with E-state index in [1.807, 2.05) is 24.6 Å². The number of hydrogen-bond acceptors (Lipinski definition) is 2. The number of rotatable bonds is 1. The first-order valence-electron chi connectivity index (χ1n) is 2.55. The first kappa shape index (κ1) is 5.38. The Labute approximate surface area is 48.8 Å². The lowest BCUT2D eigenvalue weighted by Gasteiger charge is -2.07. The van der Waals surface area contributed by atoms with Crippen LogP contribution in [0.5, 0.6) is 0 Å². The van der Waals surface area contributed by atoms with Crippen LogP contribution in [0.3, 0.4) is 0 Å². The van der Waals surface area contributed by atoms with Crippen molar-refractivity contribution < 1.29 is 4.74 Å². The molecule has 1 aliphatic rings. The summed E-state index contributed by atoms with van der Waals surface area (Å²) in [5, 5.41) is 2.91. The van der Waals surface area contributed by atoms with Crippen molar-refractivity contribution in [3.63, 3.8) is 0 Å². The van der Waals surface area contributed by atoms with Gasteiger partial charge in [-0.15, -0.1) is 0 Å². The molecule has 0 spiro atoms. The minimum Gasteiger partial charge on any atom is -0.373 e. The number of hydrogen-bond donors (Lipinski definition) is 1. The van der Waals surface area contributed by atoms with Crippen molar-refractivity contribution >= 4 is 0 Å². The minimum absolute atomic E-state index is 0.163. The van der Waals surface area contributed by atoms with Gasteiger partial charge < -0.3 is 10.1 Å². The van der Waals surface area contributed by atoms with E-state index in [1.165, 1.54) is 0 Å². The van der Waals surface area contributed by atoms with E-state index >= 15 is 0 Å². The summed E-state index contributed by atoms with van der Waals surface area (Å²) in [5.74, 6) is 0. The number of dihydropyridines is 1. The van der Waals surface area contributed by atoms with Crippen LogP contribution in [-0.4, -0.2) is 13.2 Å². The fraction of sp³-hybridized carbons (Fsp3) is 0.333. The molecule has 0 bridgehead atoms. The van der Waals surface area contributed by atoms with Crippen molar-refractivity contribution in [3.8, 4) is 0 Å². The summed E-state index contributed by atoms with van der Waals surface area (Å²) in [5.41, 5.74) is 0. The Hall–Kier alpha value is -0.760. The molecule has 1 N–H and O–H groups in total. The molecule has 1 rings (SSSR count). The van der Waals surface area contributed by atoms with E-state index in [-0.39, 0.29) is 6.10 Å². The molecule has 0 aromatic carbocycles. The van der Waals surface area contributed by atoms with Gasteiger partial charge >= 0.3 is 0 Å². The van der Waals surface area contributed by atoms with E-state index in [9.17, 15) is 0 Å². The maximum atomic E-state index is 4.98. The van der Waals surface area contributed by atoms with E-state index < -0.39 is 0 Å². The van der Waals surface area contributed by atoms with Gasteiger partial charge in [0.15, 0.2) is 0 Å². The second kappa shape index (κ2) is 2.52. The Morgan fingerprint density at radius 1 is 1.38 bits per heavy atom. The molecule has 0 radical (unpaired) electrons. The maximum Gasteiger partial charge on any atom is 0.0967 e. The van der Waals surface area contributed by atoms with Gasteiger partial charge in [-0.05, 0) is 24.6 Å². The monoisotopic (exact) mass is 111 g/mol. The van der Waals surface area contributed by atoms with Gasteiger partial charge in [0.2, 0.25) is 0 Å². The topological polar surface area (TPSA) is 21.3 Å². The van der Waals surface area contributed by atoms with Crippen molar-refractivity contribution in [2.75, 3.05) is 7.11 Å². The average molecular weight is 111 g/mol. The zero-order valence-electron chi connectivity index (χ0n) is 4.79. The Morgan fingerprint density at radius 2 is 2.00 bits per heavy atom. The van der Waals surface area contributed by atoms with Crippen LogP contribution in [0, 0.1) is 0 Å². The summed E-state index contributed by atoms with van der Waals surface area (Å²) in [7, 11) is 1.69. The molecule has 0 unspecified atom stereocenters. The Kier molecular flexibility index (Phi) is 1.70. The van der Waals surface area contributed by atoms with Crippen LogP contribution >= 0.6 is 0 Å². The van der Waals surface area contributed by atoms with Gasteiger partial charge in [-0.3, -0.25) is 0 Å². The third-order valence-electron chi connectivity index (χ3n) is 1.04. The highest BCUT2D eigenvalue weighted by Crippen LogP contribution is 1.96. The van der Waals surface area contributed by atoms with E-state index in [0.717, 1.165) is 0 Å². The molecule has 0 atom stereocenters. The van der Waals surface area contributed by atoms with Gasteiger partial charge in [-0.2, -0.15) is 0 Å². The first-order valence-corrected chi connectivity index (χ1v) is 2.55. The van der Waals surface area contributed by atoms with Crippen LogP contribution in [0.2, 0.25) is 0 Å². The smallest absolute Gasteiger partial charge is 0.0967 e. The molecule has 0 aliphatic carbocycles. The molecule has 1 heterocycles. The zero-order chi connectivity index (χ0) is 5.82. The summed E-state index contributed by atoms with van der Waals surface area (Å²) in [4.78, 5) is 0. The largest absolute Gasteiger partial charge is 0.373 e. The highest BCUT2D eigenvalue weighted by Gasteiger charge is 1.96. The fourth-order valence-corrected chi connectivity index (χ4v) is 0.578. The van der Waals surface area contributed by atoms with E-state index in [4.69, 9.17) is 4.74 Å². The molecule has 2 heteroatoms. The molecule has 0 aromatic rings. The first-order chi connectivity index (χ1) is 3.93. The van der Waals surface area contributed by atoms with Crippen molar-refractivity contribution in [2.45, 2.75) is 6.10 Å². The van der Waals surface area contributed by atoms with Crippen LogP contribution < -0.4 is 5.32 Å². The van der Waals surface area contributed by atoms with Gasteiger partial charge in [-0.25, -0.2) is 0 Å². The molecule has 0 fully saturated rings. The molecule has 8 heavy (non-hydrogen) atoms. The average Bonchev–Trinajstić information content (AvgIpc) is 1.90. The number of methoxy groups -OCH3 is 1. The summed E-state index contributed by atoms with van der Waals surface area (Å²) >= 11 is 0. The van der Waals surface area contributed by atoms with Crippen LogP contribution in [0.15, 0.2) is 24.6 Å². The third kappa shape index (κ3) is 1.10.